The van der Waals surface area contributed by atoms with Gasteiger partial charge in [-0.15, -0.1) is 0 Å². The first kappa shape index (κ1) is 18.3. The molecule has 6 nitrogen and oxygen atoms in total. The molecule has 0 bridgehead atoms. The Labute approximate surface area is 147 Å². The van der Waals surface area contributed by atoms with Gasteiger partial charge in [-0.05, 0) is 24.1 Å². The Morgan fingerprint density at radius 3 is 2.36 bits per heavy atom. The van der Waals surface area contributed by atoms with Crippen molar-refractivity contribution in [2.75, 3.05) is 21.3 Å². The minimum Gasteiger partial charge on any atom is -0.493 e. The summed E-state index contributed by atoms with van der Waals surface area (Å²) in [7, 11) is 4.62. The van der Waals surface area contributed by atoms with Crippen LogP contribution in [0.4, 0.5) is 0 Å². The van der Waals surface area contributed by atoms with Crippen LogP contribution in [0.15, 0.2) is 47.6 Å². The lowest BCUT2D eigenvalue weighted by Crippen LogP contribution is -2.18. The fourth-order valence-corrected chi connectivity index (χ4v) is 2.36. The average molecular weight is 342 g/mol. The lowest BCUT2D eigenvalue weighted by molar-refractivity contribution is -0.121. The first-order chi connectivity index (χ1) is 12.2. The Balaban J connectivity index is 1.98. The monoisotopic (exact) mass is 342 g/mol. The highest BCUT2D eigenvalue weighted by atomic mass is 16.5. The van der Waals surface area contributed by atoms with Crippen molar-refractivity contribution in [1.82, 2.24) is 5.43 Å². The number of methoxy groups -OCH3 is 3. The van der Waals surface area contributed by atoms with E-state index < -0.39 is 0 Å². The molecule has 0 saturated heterocycles. The van der Waals surface area contributed by atoms with Crippen molar-refractivity contribution in [3.8, 4) is 17.2 Å². The molecule has 0 heterocycles. The van der Waals surface area contributed by atoms with Crippen LogP contribution < -0.4 is 19.6 Å². The maximum absolute atomic E-state index is 11.9. The molecule has 2 rings (SSSR count). The van der Waals surface area contributed by atoms with Crippen LogP contribution in [0.1, 0.15) is 17.5 Å². The van der Waals surface area contributed by atoms with E-state index in [9.17, 15) is 4.79 Å². The Kier molecular flexibility index (Phi) is 6.83. The SMILES string of the molecule is COc1ccc(/C=N\NC(=O)CCc2ccccc2)c(OC)c1OC. The van der Waals surface area contributed by atoms with Gasteiger partial charge in [0.15, 0.2) is 11.5 Å². The van der Waals surface area contributed by atoms with Crippen molar-refractivity contribution in [1.29, 1.82) is 0 Å². The van der Waals surface area contributed by atoms with E-state index in [1.165, 1.54) is 20.4 Å². The first-order valence-electron chi connectivity index (χ1n) is 7.84. The van der Waals surface area contributed by atoms with Gasteiger partial charge in [-0.25, -0.2) is 5.43 Å². The third kappa shape index (κ3) is 4.97. The van der Waals surface area contributed by atoms with Crippen LogP contribution in [0.5, 0.6) is 17.2 Å². The Hall–Kier alpha value is -3.02. The molecule has 0 aliphatic rings. The number of aryl methyl sites for hydroxylation is 1. The van der Waals surface area contributed by atoms with E-state index in [1.54, 1.807) is 19.2 Å². The molecule has 1 amide bonds. The van der Waals surface area contributed by atoms with Gasteiger partial charge in [0.2, 0.25) is 11.7 Å². The zero-order chi connectivity index (χ0) is 18.1. The Bertz CT molecular complexity index is 730. The number of carbonyl (C=O) groups excluding carboxylic acids is 1. The summed E-state index contributed by atoms with van der Waals surface area (Å²) in [5.41, 5.74) is 4.31. The van der Waals surface area contributed by atoms with Crippen molar-refractivity contribution in [2.24, 2.45) is 5.10 Å². The molecule has 0 aliphatic carbocycles. The maximum atomic E-state index is 11.9. The average Bonchev–Trinajstić information content (AvgIpc) is 2.66. The number of hydrogen-bond donors (Lipinski definition) is 1. The zero-order valence-corrected chi connectivity index (χ0v) is 14.6. The molecular formula is C19H22N2O4. The van der Waals surface area contributed by atoms with Gasteiger partial charge in [-0.1, -0.05) is 30.3 Å². The molecule has 0 atom stereocenters. The first-order valence-corrected chi connectivity index (χ1v) is 7.84. The highest BCUT2D eigenvalue weighted by Gasteiger charge is 2.14. The van der Waals surface area contributed by atoms with Crippen LogP contribution in [0, 0.1) is 0 Å². The predicted octanol–water partition coefficient (Wildman–Crippen LogP) is 2.80. The number of carbonyl (C=O) groups is 1. The van der Waals surface area contributed by atoms with Gasteiger partial charge in [-0.3, -0.25) is 4.79 Å². The van der Waals surface area contributed by atoms with Gasteiger partial charge in [0, 0.05) is 12.0 Å². The van der Waals surface area contributed by atoms with Gasteiger partial charge in [0.1, 0.15) is 0 Å². The van der Waals surface area contributed by atoms with E-state index in [1.807, 2.05) is 30.3 Å². The van der Waals surface area contributed by atoms with E-state index in [0.29, 0.717) is 35.7 Å². The molecule has 2 aromatic rings. The topological polar surface area (TPSA) is 69.2 Å². The maximum Gasteiger partial charge on any atom is 0.240 e. The second kappa shape index (κ2) is 9.32. The number of nitrogens with one attached hydrogen (secondary N) is 1. The van der Waals surface area contributed by atoms with Crippen molar-refractivity contribution < 1.29 is 19.0 Å². The number of benzene rings is 2. The van der Waals surface area contributed by atoms with Crippen LogP contribution >= 0.6 is 0 Å². The minimum absolute atomic E-state index is 0.153. The smallest absolute Gasteiger partial charge is 0.240 e. The molecule has 0 unspecified atom stereocenters. The quantitative estimate of drug-likeness (QED) is 0.592. The Morgan fingerprint density at radius 2 is 1.72 bits per heavy atom. The highest BCUT2D eigenvalue weighted by Crippen LogP contribution is 2.38. The molecule has 0 fully saturated rings. The molecule has 6 heteroatoms. The third-order valence-electron chi connectivity index (χ3n) is 3.61. The van der Waals surface area contributed by atoms with Gasteiger partial charge in [0.25, 0.3) is 0 Å². The van der Waals surface area contributed by atoms with Gasteiger partial charge >= 0.3 is 0 Å². The van der Waals surface area contributed by atoms with Crippen molar-refractivity contribution in [3.63, 3.8) is 0 Å². The normalized spacial score (nSPS) is 10.5. The minimum atomic E-state index is -0.153. The summed E-state index contributed by atoms with van der Waals surface area (Å²) in [6, 6.07) is 13.4. The molecule has 0 aliphatic heterocycles. The summed E-state index contributed by atoms with van der Waals surface area (Å²) in [6.45, 7) is 0. The fraction of sp³-hybridized carbons (Fsp3) is 0.263. The summed E-state index contributed by atoms with van der Waals surface area (Å²) in [4.78, 5) is 11.9. The number of rotatable bonds is 8. The van der Waals surface area contributed by atoms with Crippen molar-refractivity contribution >= 4 is 12.1 Å². The molecule has 132 valence electrons. The van der Waals surface area contributed by atoms with Crippen molar-refractivity contribution in [3.05, 3.63) is 53.6 Å². The zero-order valence-electron chi connectivity index (χ0n) is 14.6. The molecule has 0 spiro atoms. The second-order valence-corrected chi connectivity index (χ2v) is 5.20. The van der Waals surface area contributed by atoms with Crippen LogP contribution in [-0.4, -0.2) is 33.5 Å². The molecule has 0 radical (unpaired) electrons. The summed E-state index contributed by atoms with van der Waals surface area (Å²) in [5.74, 6) is 1.37. The van der Waals surface area contributed by atoms with E-state index in [4.69, 9.17) is 14.2 Å². The molecular weight excluding hydrogens is 320 g/mol. The molecule has 2 aromatic carbocycles. The van der Waals surface area contributed by atoms with E-state index in [0.717, 1.165) is 5.56 Å². The molecule has 25 heavy (non-hydrogen) atoms. The summed E-state index contributed by atoms with van der Waals surface area (Å²) < 4.78 is 15.9. The lowest BCUT2D eigenvalue weighted by atomic mass is 10.1. The van der Waals surface area contributed by atoms with Crippen molar-refractivity contribution in [2.45, 2.75) is 12.8 Å². The molecule has 0 saturated carbocycles. The molecule has 1 N–H and O–H groups in total. The number of nitrogens with zero attached hydrogens (tertiary/aromatic N) is 1. The summed E-state index contributed by atoms with van der Waals surface area (Å²) in [5, 5.41) is 3.99. The summed E-state index contributed by atoms with van der Waals surface area (Å²) in [6.07, 6.45) is 2.55. The number of amides is 1. The lowest BCUT2D eigenvalue weighted by Gasteiger charge is -2.13. The van der Waals surface area contributed by atoms with Crippen LogP contribution in [-0.2, 0) is 11.2 Å². The number of ether oxygens (including phenoxy) is 3. The standard InChI is InChI=1S/C19H22N2O4/c1-23-16-11-10-15(18(24-2)19(16)25-3)13-20-21-17(22)12-9-14-7-5-4-6-8-14/h4-8,10-11,13H,9,12H2,1-3H3,(H,21,22)/b20-13-. The number of hydrazone groups is 1. The second-order valence-electron chi connectivity index (χ2n) is 5.20. The van der Waals surface area contributed by atoms with E-state index in [-0.39, 0.29) is 5.91 Å². The fourth-order valence-electron chi connectivity index (χ4n) is 2.36. The van der Waals surface area contributed by atoms with Crippen LogP contribution in [0.2, 0.25) is 0 Å². The summed E-state index contributed by atoms with van der Waals surface area (Å²) >= 11 is 0. The predicted molar refractivity (Wildman–Crippen MR) is 96.6 cm³/mol. The van der Waals surface area contributed by atoms with Gasteiger partial charge in [0.05, 0.1) is 27.5 Å². The highest BCUT2D eigenvalue weighted by molar-refractivity contribution is 5.87. The molecule has 0 aromatic heterocycles. The third-order valence-corrected chi connectivity index (χ3v) is 3.61. The van der Waals surface area contributed by atoms with E-state index >= 15 is 0 Å². The Morgan fingerprint density at radius 1 is 1.00 bits per heavy atom. The number of hydrogen-bond acceptors (Lipinski definition) is 5. The van der Waals surface area contributed by atoms with Crippen LogP contribution in [0.25, 0.3) is 0 Å². The van der Waals surface area contributed by atoms with Crippen LogP contribution in [0.3, 0.4) is 0 Å². The van der Waals surface area contributed by atoms with Gasteiger partial charge in [-0.2, -0.15) is 5.10 Å². The van der Waals surface area contributed by atoms with Gasteiger partial charge < -0.3 is 14.2 Å². The largest absolute Gasteiger partial charge is 0.493 e. The van der Waals surface area contributed by atoms with E-state index in [2.05, 4.69) is 10.5 Å².